The second-order valence-corrected chi connectivity index (χ2v) is 3.39. The SMILES string of the molecule is COC(=O)c1c(C(=N)N)c(C)n(C)c1C. The summed E-state index contributed by atoms with van der Waals surface area (Å²) in [6.45, 7) is 3.61. The molecule has 0 radical (unpaired) electrons. The number of aromatic nitrogens is 1. The van der Waals surface area contributed by atoms with Crippen LogP contribution in [-0.4, -0.2) is 23.5 Å². The number of rotatable bonds is 2. The van der Waals surface area contributed by atoms with Gasteiger partial charge in [0.15, 0.2) is 0 Å². The summed E-state index contributed by atoms with van der Waals surface area (Å²) in [6.07, 6.45) is 0. The molecule has 5 heteroatoms. The first-order valence-corrected chi connectivity index (χ1v) is 4.50. The number of nitrogens with two attached hydrogens (primary N) is 1. The molecule has 0 spiro atoms. The summed E-state index contributed by atoms with van der Waals surface area (Å²) in [6, 6.07) is 0. The predicted molar refractivity (Wildman–Crippen MR) is 57.2 cm³/mol. The van der Waals surface area contributed by atoms with Crippen LogP contribution < -0.4 is 5.73 Å². The zero-order valence-corrected chi connectivity index (χ0v) is 9.34. The van der Waals surface area contributed by atoms with Crippen LogP contribution in [0, 0.1) is 19.3 Å². The van der Waals surface area contributed by atoms with Gasteiger partial charge in [-0.25, -0.2) is 4.79 Å². The minimum Gasteiger partial charge on any atom is -0.465 e. The van der Waals surface area contributed by atoms with Gasteiger partial charge in [-0.2, -0.15) is 0 Å². The number of nitrogen functional groups attached to an aromatic ring is 1. The lowest BCUT2D eigenvalue weighted by atomic mass is 10.1. The maximum Gasteiger partial charge on any atom is 0.340 e. The van der Waals surface area contributed by atoms with Crippen LogP contribution >= 0.6 is 0 Å². The number of methoxy groups -OCH3 is 1. The first-order chi connectivity index (χ1) is 6.91. The van der Waals surface area contributed by atoms with Crippen LogP contribution in [0.2, 0.25) is 0 Å². The molecule has 0 bridgehead atoms. The van der Waals surface area contributed by atoms with Gasteiger partial charge in [-0.05, 0) is 13.8 Å². The molecule has 1 rings (SSSR count). The summed E-state index contributed by atoms with van der Waals surface area (Å²) < 4.78 is 6.49. The molecule has 0 saturated carbocycles. The first-order valence-electron chi connectivity index (χ1n) is 4.50. The number of ether oxygens (including phenoxy) is 1. The van der Waals surface area contributed by atoms with Crippen LogP contribution in [0.1, 0.15) is 27.3 Å². The van der Waals surface area contributed by atoms with Crippen LogP contribution in [0.4, 0.5) is 0 Å². The Bertz CT molecular complexity index is 432. The summed E-state index contributed by atoms with van der Waals surface area (Å²) in [5.74, 6) is -0.571. The molecule has 1 aromatic rings. The molecule has 0 aliphatic rings. The van der Waals surface area contributed by atoms with E-state index in [0.29, 0.717) is 11.1 Å². The van der Waals surface area contributed by atoms with Crippen molar-refractivity contribution in [2.75, 3.05) is 7.11 Å². The molecule has 0 atom stereocenters. The van der Waals surface area contributed by atoms with Gasteiger partial charge >= 0.3 is 5.97 Å². The topological polar surface area (TPSA) is 81.1 Å². The van der Waals surface area contributed by atoms with Gasteiger partial charge in [0.2, 0.25) is 0 Å². The molecule has 0 aromatic carbocycles. The lowest BCUT2D eigenvalue weighted by Gasteiger charge is -2.02. The number of nitrogens with zero attached hydrogens (tertiary/aromatic N) is 1. The third kappa shape index (κ3) is 1.60. The smallest absolute Gasteiger partial charge is 0.340 e. The molecule has 1 heterocycles. The van der Waals surface area contributed by atoms with Crippen molar-refractivity contribution in [3.8, 4) is 0 Å². The van der Waals surface area contributed by atoms with Crippen LogP contribution in [0.15, 0.2) is 0 Å². The van der Waals surface area contributed by atoms with Crippen LogP contribution in [0.3, 0.4) is 0 Å². The molecule has 0 unspecified atom stereocenters. The number of hydrogen-bond acceptors (Lipinski definition) is 3. The van der Waals surface area contributed by atoms with E-state index in [1.54, 1.807) is 6.92 Å². The molecular weight excluding hydrogens is 194 g/mol. The highest BCUT2D eigenvalue weighted by Gasteiger charge is 2.23. The van der Waals surface area contributed by atoms with Gasteiger partial charge in [-0.3, -0.25) is 5.41 Å². The molecule has 3 N–H and O–H groups in total. The Morgan fingerprint density at radius 1 is 1.33 bits per heavy atom. The van der Waals surface area contributed by atoms with E-state index in [4.69, 9.17) is 11.1 Å². The average Bonchev–Trinajstić information content (AvgIpc) is 2.41. The van der Waals surface area contributed by atoms with Gasteiger partial charge in [-0.15, -0.1) is 0 Å². The molecule has 5 nitrogen and oxygen atoms in total. The summed E-state index contributed by atoms with van der Waals surface area (Å²) in [5, 5.41) is 7.45. The number of nitrogens with one attached hydrogen (secondary N) is 1. The normalized spacial score (nSPS) is 10.1. The average molecular weight is 209 g/mol. The number of hydrogen-bond donors (Lipinski definition) is 2. The first kappa shape index (κ1) is 11.3. The summed E-state index contributed by atoms with van der Waals surface area (Å²) in [4.78, 5) is 11.5. The monoisotopic (exact) mass is 209 g/mol. The fraction of sp³-hybridized carbons (Fsp3) is 0.400. The molecule has 82 valence electrons. The van der Waals surface area contributed by atoms with E-state index in [1.165, 1.54) is 7.11 Å². The Balaban J connectivity index is 3.55. The Kier molecular flexibility index (Phi) is 2.83. The Hall–Kier alpha value is -1.78. The van der Waals surface area contributed by atoms with Crippen molar-refractivity contribution in [2.24, 2.45) is 12.8 Å². The van der Waals surface area contributed by atoms with E-state index < -0.39 is 5.97 Å². The Morgan fingerprint density at radius 2 is 1.80 bits per heavy atom. The lowest BCUT2D eigenvalue weighted by Crippen LogP contribution is -2.17. The van der Waals surface area contributed by atoms with Crippen molar-refractivity contribution in [3.63, 3.8) is 0 Å². The molecular formula is C10H15N3O2. The standard InChI is InChI=1S/C10H15N3O2/c1-5-7(9(11)12)8(10(14)15-4)6(2)13(5)3/h1-4H3,(H3,11,12). The third-order valence-corrected chi connectivity index (χ3v) is 2.64. The van der Waals surface area contributed by atoms with Gasteiger partial charge in [0.25, 0.3) is 0 Å². The molecule has 15 heavy (non-hydrogen) atoms. The zero-order chi connectivity index (χ0) is 11.7. The molecule has 0 aliphatic carbocycles. The van der Waals surface area contributed by atoms with Crippen molar-refractivity contribution in [1.82, 2.24) is 4.57 Å². The van der Waals surface area contributed by atoms with E-state index in [2.05, 4.69) is 4.74 Å². The molecule has 1 aromatic heterocycles. The minimum atomic E-state index is -0.457. The van der Waals surface area contributed by atoms with Gasteiger partial charge in [0.1, 0.15) is 5.84 Å². The van der Waals surface area contributed by atoms with E-state index in [-0.39, 0.29) is 5.84 Å². The predicted octanol–water partition coefficient (Wildman–Crippen LogP) is 0.713. The molecule has 0 aliphatic heterocycles. The van der Waals surface area contributed by atoms with Crippen molar-refractivity contribution in [2.45, 2.75) is 13.8 Å². The zero-order valence-electron chi connectivity index (χ0n) is 9.34. The van der Waals surface area contributed by atoms with E-state index in [1.807, 2.05) is 18.5 Å². The summed E-state index contributed by atoms with van der Waals surface area (Å²) in [7, 11) is 3.14. The third-order valence-electron chi connectivity index (χ3n) is 2.64. The number of carbonyl (C=O) groups excluding carboxylic acids is 1. The van der Waals surface area contributed by atoms with Gasteiger partial charge in [-0.1, -0.05) is 0 Å². The van der Waals surface area contributed by atoms with E-state index in [0.717, 1.165) is 11.4 Å². The van der Waals surface area contributed by atoms with E-state index >= 15 is 0 Å². The van der Waals surface area contributed by atoms with Gasteiger partial charge < -0.3 is 15.0 Å². The van der Waals surface area contributed by atoms with Crippen molar-refractivity contribution >= 4 is 11.8 Å². The highest BCUT2D eigenvalue weighted by molar-refractivity contribution is 6.07. The quantitative estimate of drug-likeness (QED) is 0.427. The molecule has 0 amide bonds. The number of amidine groups is 1. The van der Waals surface area contributed by atoms with Gasteiger partial charge in [0.05, 0.1) is 18.2 Å². The maximum absolute atomic E-state index is 11.5. The van der Waals surface area contributed by atoms with Crippen LogP contribution in [0.5, 0.6) is 0 Å². The van der Waals surface area contributed by atoms with E-state index in [9.17, 15) is 4.79 Å². The van der Waals surface area contributed by atoms with Crippen LogP contribution in [-0.2, 0) is 11.8 Å². The second kappa shape index (κ2) is 3.76. The number of esters is 1. The fourth-order valence-corrected chi connectivity index (χ4v) is 1.63. The largest absolute Gasteiger partial charge is 0.465 e. The van der Waals surface area contributed by atoms with Crippen molar-refractivity contribution < 1.29 is 9.53 Å². The van der Waals surface area contributed by atoms with Crippen LogP contribution in [0.25, 0.3) is 0 Å². The highest BCUT2D eigenvalue weighted by atomic mass is 16.5. The van der Waals surface area contributed by atoms with Gasteiger partial charge in [0, 0.05) is 18.4 Å². The highest BCUT2D eigenvalue weighted by Crippen LogP contribution is 2.21. The molecule has 0 fully saturated rings. The van der Waals surface area contributed by atoms with Crippen molar-refractivity contribution in [1.29, 1.82) is 5.41 Å². The lowest BCUT2D eigenvalue weighted by molar-refractivity contribution is 0.0599. The minimum absolute atomic E-state index is 0.114. The fourth-order valence-electron chi connectivity index (χ4n) is 1.63. The summed E-state index contributed by atoms with van der Waals surface area (Å²) in [5.41, 5.74) is 7.84. The number of carbonyl (C=O) groups is 1. The maximum atomic E-state index is 11.5. The summed E-state index contributed by atoms with van der Waals surface area (Å²) >= 11 is 0. The Morgan fingerprint density at radius 3 is 2.20 bits per heavy atom. The Labute approximate surface area is 88.3 Å². The second-order valence-electron chi connectivity index (χ2n) is 3.39. The van der Waals surface area contributed by atoms with Crippen molar-refractivity contribution in [3.05, 3.63) is 22.5 Å². The molecule has 0 saturated heterocycles.